The van der Waals surface area contributed by atoms with E-state index >= 15 is 0 Å². The van der Waals surface area contributed by atoms with E-state index in [0.29, 0.717) is 11.6 Å². The number of aromatic nitrogens is 4. The molecule has 1 aromatic carbocycles. The van der Waals surface area contributed by atoms with Crippen LogP contribution in [0, 0.1) is 5.82 Å². The van der Waals surface area contributed by atoms with Gasteiger partial charge in [-0.15, -0.1) is 0 Å². The highest BCUT2D eigenvalue weighted by molar-refractivity contribution is 5.88. The van der Waals surface area contributed by atoms with E-state index in [1.165, 1.54) is 18.5 Å². The summed E-state index contributed by atoms with van der Waals surface area (Å²) >= 11 is 0. The van der Waals surface area contributed by atoms with Crippen molar-refractivity contribution >= 4 is 11.8 Å². The third-order valence-electron chi connectivity index (χ3n) is 3.00. The van der Waals surface area contributed by atoms with Gasteiger partial charge in [0.05, 0.1) is 0 Å². The second kappa shape index (κ2) is 6.65. The van der Waals surface area contributed by atoms with Crippen LogP contribution in [0.1, 0.15) is 5.56 Å². The highest BCUT2D eigenvalue weighted by Crippen LogP contribution is 2.08. The van der Waals surface area contributed by atoms with Gasteiger partial charge in [0.1, 0.15) is 18.0 Å². The fourth-order valence-electron chi connectivity index (χ4n) is 1.89. The van der Waals surface area contributed by atoms with Gasteiger partial charge in [-0.1, -0.05) is 12.1 Å². The molecule has 2 heterocycles. The van der Waals surface area contributed by atoms with Crippen LogP contribution in [0.25, 0.3) is 5.82 Å². The molecule has 0 fully saturated rings. The van der Waals surface area contributed by atoms with Gasteiger partial charge in [-0.25, -0.2) is 23.8 Å². The molecule has 3 aromatic rings. The van der Waals surface area contributed by atoms with Gasteiger partial charge >= 0.3 is 6.03 Å². The Morgan fingerprint density at radius 3 is 2.78 bits per heavy atom. The predicted molar refractivity (Wildman–Crippen MR) is 81.4 cm³/mol. The highest BCUT2D eigenvalue weighted by atomic mass is 19.1. The first-order valence-electron chi connectivity index (χ1n) is 6.82. The Hall–Kier alpha value is -3.29. The fraction of sp³-hybridized carbons (Fsp3) is 0.0667. The maximum Gasteiger partial charge on any atom is 0.320 e. The van der Waals surface area contributed by atoms with E-state index in [4.69, 9.17) is 0 Å². The first kappa shape index (κ1) is 14.6. The number of anilines is 1. The summed E-state index contributed by atoms with van der Waals surface area (Å²) in [6.07, 6.45) is 4.71. The first-order valence-corrected chi connectivity index (χ1v) is 6.82. The number of hydrogen-bond donors (Lipinski definition) is 2. The number of carbonyl (C=O) groups excluding carboxylic acids is 1. The fourth-order valence-corrected chi connectivity index (χ4v) is 1.89. The minimum atomic E-state index is -0.417. The summed E-state index contributed by atoms with van der Waals surface area (Å²) in [5.41, 5.74) is 0.793. The van der Waals surface area contributed by atoms with E-state index in [9.17, 15) is 9.18 Å². The molecule has 2 aromatic heterocycles. The number of carbonyl (C=O) groups is 1. The summed E-state index contributed by atoms with van der Waals surface area (Å²) in [6, 6.07) is 8.85. The number of rotatable bonds is 4. The van der Waals surface area contributed by atoms with E-state index < -0.39 is 6.03 Å². The SMILES string of the molecule is O=C(NCc1ccc(F)cc1)Nc1cc(-n2cccn2)ncn1. The molecule has 7 nitrogen and oxygen atoms in total. The third kappa shape index (κ3) is 3.88. The lowest BCUT2D eigenvalue weighted by Crippen LogP contribution is -2.28. The van der Waals surface area contributed by atoms with Crippen molar-refractivity contribution < 1.29 is 9.18 Å². The Morgan fingerprint density at radius 2 is 2.04 bits per heavy atom. The molecule has 0 atom stereocenters. The zero-order valence-corrected chi connectivity index (χ0v) is 12.0. The van der Waals surface area contributed by atoms with Crippen LogP contribution < -0.4 is 10.6 Å². The predicted octanol–water partition coefficient (Wildman–Crippen LogP) is 2.12. The minimum absolute atomic E-state index is 0.281. The number of hydrogen-bond acceptors (Lipinski definition) is 4. The second-order valence-corrected chi connectivity index (χ2v) is 4.65. The number of amides is 2. The Kier molecular flexibility index (Phi) is 4.23. The van der Waals surface area contributed by atoms with E-state index in [-0.39, 0.29) is 12.4 Å². The van der Waals surface area contributed by atoms with Crippen LogP contribution in [0.3, 0.4) is 0 Å². The Morgan fingerprint density at radius 1 is 1.22 bits per heavy atom. The number of benzene rings is 1. The minimum Gasteiger partial charge on any atom is -0.334 e. The van der Waals surface area contributed by atoms with Gasteiger partial charge in [0, 0.05) is 25.0 Å². The van der Waals surface area contributed by atoms with Crippen molar-refractivity contribution in [2.75, 3.05) is 5.32 Å². The van der Waals surface area contributed by atoms with Crippen LogP contribution in [-0.4, -0.2) is 25.8 Å². The van der Waals surface area contributed by atoms with Crippen LogP contribution in [0.4, 0.5) is 15.0 Å². The summed E-state index contributed by atoms with van der Waals surface area (Å²) in [5.74, 6) is 0.575. The van der Waals surface area contributed by atoms with Gasteiger partial charge in [0.15, 0.2) is 5.82 Å². The van der Waals surface area contributed by atoms with E-state index in [1.54, 1.807) is 41.3 Å². The Balaban J connectivity index is 1.59. The molecule has 0 bridgehead atoms. The van der Waals surface area contributed by atoms with Gasteiger partial charge in [-0.05, 0) is 23.8 Å². The van der Waals surface area contributed by atoms with Gasteiger partial charge in [-0.3, -0.25) is 5.32 Å². The molecule has 0 unspecified atom stereocenters. The topological polar surface area (TPSA) is 84.7 Å². The van der Waals surface area contributed by atoms with E-state index in [0.717, 1.165) is 5.56 Å². The molecule has 2 amide bonds. The van der Waals surface area contributed by atoms with Gasteiger partial charge in [0.2, 0.25) is 0 Å². The molecule has 23 heavy (non-hydrogen) atoms. The van der Waals surface area contributed by atoms with Crippen molar-refractivity contribution in [1.29, 1.82) is 0 Å². The summed E-state index contributed by atoms with van der Waals surface area (Å²) in [4.78, 5) is 19.9. The van der Waals surface area contributed by atoms with Crippen molar-refractivity contribution in [2.24, 2.45) is 0 Å². The van der Waals surface area contributed by atoms with Crippen molar-refractivity contribution in [3.63, 3.8) is 0 Å². The summed E-state index contributed by atoms with van der Waals surface area (Å²) in [7, 11) is 0. The molecular formula is C15H13FN6O. The first-order chi connectivity index (χ1) is 11.2. The molecule has 3 rings (SSSR count). The van der Waals surface area contributed by atoms with Crippen LogP contribution in [-0.2, 0) is 6.54 Å². The van der Waals surface area contributed by atoms with Crippen LogP contribution >= 0.6 is 0 Å². The lowest BCUT2D eigenvalue weighted by atomic mass is 10.2. The molecule has 0 spiro atoms. The summed E-state index contributed by atoms with van der Waals surface area (Å²) < 4.78 is 14.4. The average molecular weight is 312 g/mol. The molecule has 0 aliphatic rings. The lowest BCUT2D eigenvalue weighted by molar-refractivity contribution is 0.251. The smallest absolute Gasteiger partial charge is 0.320 e. The van der Waals surface area contributed by atoms with Crippen molar-refractivity contribution in [2.45, 2.75) is 6.54 Å². The standard InChI is InChI=1S/C15H13FN6O/c16-12-4-2-11(3-5-12)9-17-15(23)21-13-8-14(19-10-18-13)22-7-1-6-20-22/h1-8,10H,9H2,(H2,17,18,19,21,23). The maximum absolute atomic E-state index is 12.8. The molecule has 0 saturated heterocycles. The van der Waals surface area contributed by atoms with Crippen molar-refractivity contribution in [3.8, 4) is 5.82 Å². The lowest BCUT2D eigenvalue weighted by Gasteiger charge is -2.08. The second-order valence-electron chi connectivity index (χ2n) is 4.65. The zero-order chi connectivity index (χ0) is 16.1. The van der Waals surface area contributed by atoms with Crippen LogP contribution in [0.15, 0.2) is 55.1 Å². The largest absolute Gasteiger partial charge is 0.334 e. The number of urea groups is 1. The normalized spacial score (nSPS) is 10.3. The summed E-state index contributed by atoms with van der Waals surface area (Å²) in [5, 5.41) is 9.33. The number of nitrogens with zero attached hydrogens (tertiary/aromatic N) is 4. The monoisotopic (exact) mass is 312 g/mol. The Bertz CT molecular complexity index is 788. The average Bonchev–Trinajstić information content (AvgIpc) is 3.09. The van der Waals surface area contributed by atoms with Gasteiger partial charge < -0.3 is 5.32 Å². The molecule has 0 radical (unpaired) electrons. The molecule has 0 aliphatic carbocycles. The number of nitrogens with one attached hydrogen (secondary N) is 2. The molecule has 2 N–H and O–H groups in total. The zero-order valence-electron chi connectivity index (χ0n) is 12.0. The molecule has 0 saturated carbocycles. The van der Waals surface area contributed by atoms with Crippen molar-refractivity contribution in [1.82, 2.24) is 25.1 Å². The van der Waals surface area contributed by atoms with E-state index in [1.807, 2.05) is 0 Å². The van der Waals surface area contributed by atoms with Gasteiger partial charge in [-0.2, -0.15) is 5.10 Å². The van der Waals surface area contributed by atoms with E-state index in [2.05, 4.69) is 25.7 Å². The van der Waals surface area contributed by atoms with Crippen molar-refractivity contribution in [3.05, 3.63) is 66.5 Å². The molecule has 116 valence electrons. The molecular weight excluding hydrogens is 299 g/mol. The Labute approximate surface area is 131 Å². The number of halogens is 1. The molecule has 8 heteroatoms. The maximum atomic E-state index is 12.8. The third-order valence-corrected chi connectivity index (χ3v) is 3.00. The summed E-state index contributed by atoms with van der Waals surface area (Å²) in [6.45, 7) is 0.281. The van der Waals surface area contributed by atoms with Crippen LogP contribution in [0.2, 0.25) is 0 Å². The highest BCUT2D eigenvalue weighted by Gasteiger charge is 2.05. The molecule has 0 aliphatic heterocycles. The van der Waals surface area contributed by atoms with Gasteiger partial charge in [0.25, 0.3) is 0 Å². The van der Waals surface area contributed by atoms with Crippen LogP contribution in [0.5, 0.6) is 0 Å². The quantitative estimate of drug-likeness (QED) is 0.773.